The summed E-state index contributed by atoms with van der Waals surface area (Å²) < 4.78 is 2.10. The molecule has 1 atom stereocenters. The number of hydrogen-bond donors (Lipinski definition) is 1. The summed E-state index contributed by atoms with van der Waals surface area (Å²) >= 11 is 0. The van der Waals surface area contributed by atoms with Crippen LogP contribution in [0.5, 0.6) is 0 Å². The van der Waals surface area contributed by atoms with Crippen LogP contribution in [0.1, 0.15) is 37.1 Å². The van der Waals surface area contributed by atoms with Gasteiger partial charge in [-0.1, -0.05) is 13.0 Å². The van der Waals surface area contributed by atoms with Crippen LogP contribution in [-0.4, -0.2) is 27.4 Å². The van der Waals surface area contributed by atoms with Gasteiger partial charge in [0.15, 0.2) is 0 Å². The first-order valence-corrected chi connectivity index (χ1v) is 6.73. The number of likely N-dealkylation sites (tertiary alicyclic amines) is 1. The molecule has 1 saturated heterocycles. The van der Waals surface area contributed by atoms with Gasteiger partial charge in [-0.2, -0.15) is 0 Å². The van der Waals surface area contributed by atoms with E-state index in [1.165, 1.54) is 25.1 Å². The molecule has 1 aliphatic rings. The van der Waals surface area contributed by atoms with Crippen molar-refractivity contribution in [2.45, 2.75) is 32.4 Å². The van der Waals surface area contributed by atoms with Crippen LogP contribution < -0.4 is 5.73 Å². The van der Waals surface area contributed by atoms with Gasteiger partial charge < -0.3 is 10.1 Å². The molecule has 18 heavy (non-hydrogen) atoms. The summed E-state index contributed by atoms with van der Waals surface area (Å²) in [6.45, 7) is 5.10. The lowest BCUT2D eigenvalue weighted by Crippen LogP contribution is -2.22. The Hall–Kier alpha value is -1.39. The molecule has 2 N–H and O–H groups in total. The molecule has 1 unspecified atom stereocenters. The summed E-state index contributed by atoms with van der Waals surface area (Å²) in [4.78, 5) is 7.25. The highest BCUT2D eigenvalue weighted by Crippen LogP contribution is 2.30. The first-order valence-electron chi connectivity index (χ1n) is 6.73. The van der Waals surface area contributed by atoms with E-state index in [-0.39, 0.29) is 0 Å². The van der Waals surface area contributed by atoms with Gasteiger partial charge in [0.2, 0.25) is 0 Å². The van der Waals surface area contributed by atoms with Crippen molar-refractivity contribution in [1.82, 2.24) is 14.3 Å². The second-order valence-corrected chi connectivity index (χ2v) is 4.96. The molecule has 0 radical (unpaired) electrons. The normalized spacial score (nSPS) is 20.9. The molecule has 3 heterocycles. The van der Waals surface area contributed by atoms with E-state index in [4.69, 9.17) is 10.7 Å². The highest BCUT2D eigenvalue weighted by molar-refractivity contribution is 5.42. The molecule has 1 fully saturated rings. The van der Waals surface area contributed by atoms with Gasteiger partial charge in [0.25, 0.3) is 0 Å². The Kier molecular flexibility index (Phi) is 3.06. The Morgan fingerprint density at radius 1 is 1.39 bits per heavy atom. The molecule has 1 aliphatic heterocycles. The van der Waals surface area contributed by atoms with Crippen molar-refractivity contribution in [3.8, 4) is 0 Å². The molecule has 96 valence electrons. The maximum absolute atomic E-state index is 5.67. The maximum Gasteiger partial charge on any atom is 0.137 e. The van der Waals surface area contributed by atoms with E-state index in [0.29, 0.717) is 12.6 Å². The average Bonchev–Trinajstić information content (AvgIpc) is 3.03. The Balaban J connectivity index is 1.97. The van der Waals surface area contributed by atoms with E-state index in [9.17, 15) is 0 Å². The summed E-state index contributed by atoms with van der Waals surface area (Å²) in [5.41, 5.74) is 9.03. The van der Waals surface area contributed by atoms with Gasteiger partial charge in [-0.15, -0.1) is 0 Å². The minimum absolute atomic E-state index is 0.497. The number of fused-ring (bicyclic) bond motifs is 1. The Labute approximate surface area is 107 Å². The van der Waals surface area contributed by atoms with Gasteiger partial charge in [0, 0.05) is 18.9 Å². The van der Waals surface area contributed by atoms with E-state index in [1.807, 2.05) is 0 Å². The molecule has 0 spiro atoms. The molecule has 0 aromatic carbocycles. The van der Waals surface area contributed by atoms with Crippen molar-refractivity contribution >= 4 is 5.65 Å². The lowest BCUT2D eigenvalue weighted by molar-refractivity contribution is 0.268. The van der Waals surface area contributed by atoms with Crippen molar-refractivity contribution in [2.75, 3.05) is 13.1 Å². The molecule has 0 aliphatic carbocycles. The molecule has 2 aromatic heterocycles. The van der Waals surface area contributed by atoms with Crippen molar-refractivity contribution in [2.24, 2.45) is 5.73 Å². The number of nitrogens with zero attached hydrogens (tertiary/aromatic N) is 3. The zero-order chi connectivity index (χ0) is 12.5. The number of pyridine rings is 1. The third-order valence-electron chi connectivity index (χ3n) is 3.88. The molecule has 0 amide bonds. The van der Waals surface area contributed by atoms with Crippen molar-refractivity contribution in [3.05, 3.63) is 35.8 Å². The van der Waals surface area contributed by atoms with E-state index < -0.39 is 0 Å². The molecule has 3 rings (SSSR count). The molecule has 4 heteroatoms. The zero-order valence-electron chi connectivity index (χ0n) is 10.8. The summed E-state index contributed by atoms with van der Waals surface area (Å²) in [7, 11) is 0. The number of aromatic nitrogens is 2. The Morgan fingerprint density at radius 2 is 2.28 bits per heavy atom. The fraction of sp³-hybridized carbons (Fsp3) is 0.500. The molecule has 4 nitrogen and oxygen atoms in total. The van der Waals surface area contributed by atoms with Crippen LogP contribution >= 0.6 is 0 Å². The fourth-order valence-corrected chi connectivity index (χ4v) is 2.88. The predicted octanol–water partition coefficient (Wildman–Crippen LogP) is 1.95. The van der Waals surface area contributed by atoms with Gasteiger partial charge in [0.1, 0.15) is 5.65 Å². The summed E-state index contributed by atoms with van der Waals surface area (Å²) in [5, 5.41) is 0. The quantitative estimate of drug-likeness (QED) is 0.897. The van der Waals surface area contributed by atoms with Gasteiger partial charge >= 0.3 is 0 Å². The third kappa shape index (κ3) is 1.91. The second kappa shape index (κ2) is 4.71. The monoisotopic (exact) mass is 244 g/mol. The molecule has 0 saturated carbocycles. The number of imidazole rings is 1. The maximum atomic E-state index is 5.67. The number of rotatable bonds is 3. The fourth-order valence-electron chi connectivity index (χ4n) is 2.88. The predicted molar refractivity (Wildman–Crippen MR) is 72.3 cm³/mol. The zero-order valence-corrected chi connectivity index (χ0v) is 10.8. The number of nitrogens with two attached hydrogens (primary N) is 1. The van der Waals surface area contributed by atoms with Crippen molar-refractivity contribution in [1.29, 1.82) is 0 Å². The topological polar surface area (TPSA) is 46.6 Å². The van der Waals surface area contributed by atoms with Crippen molar-refractivity contribution in [3.63, 3.8) is 0 Å². The van der Waals surface area contributed by atoms with Gasteiger partial charge in [-0.05, 0) is 37.6 Å². The lowest BCUT2D eigenvalue weighted by Gasteiger charge is -2.20. The van der Waals surface area contributed by atoms with E-state index in [0.717, 1.165) is 17.8 Å². The minimum Gasteiger partial charge on any atom is -0.326 e. The van der Waals surface area contributed by atoms with E-state index >= 15 is 0 Å². The van der Waals surface area contributed by atoms with Crippen LogP contribution in [-0.2, 0) is 6.54 Å². The third-order valence-corrected chi connectivity index (χ3v) is 3.88. The van der Waals surface area contributed by atoms with Gasteiger partial charge in [-0.3, -0.25) is 4.90 Å². The average molecular weight is 244 g/mol. The largest absolute Gasteiger partial charge is 0.326 e. The summed E-state index contributed by atoms with van der Waals surface area (Å²) in [6.07, 6.45) is 6.74. The lowest BCUT2D eigenvalue weighted by atomic mass is 10.1. The molecular weight excluding hydrogens is 224 g/mol. The van der Waals surface area contributed by atoms with Crippen LogP contribution in [0.15, 0.2) is 24.5 Å². The van der Waals surface area contributed by atoms with Crippen LogP contribution in [0.25, 0.3) is 5.65 Å². The smallest absolute Gasteiger partial charge is 0.137 e. The highest BCUT2D eigenvalue weighted by Gasteiger charge is 2.26. The Morgan fingerprint density at radius 3 is 3.06 bits per heavy atom. The standard InChI is InChI=1S/C14H20N4/c1-2-17-7-3-4-13(17)12-10-18-9-11(8-15)5-6-14(18)16-12/h5-6,9-10,13H,2-4,7-8,15H2,1H3. The van der Waals surface area contributed by atoms with Crippen LogP contribution in [0, 0.1) is 0 Å². The minimum atomic E-state index is 0.497. The van der Waals surface area contributed by atoms with Crippen LogP contribution in [0.2, 0.25) is 0 Å². The van der Waals surface area contributed by atoms with E-state index in [1.54, 1.807) is 0 Å². The summed E-state index contributed by atoms with van der Waals surface area (Å²) in [6, 6.07) is 4.60. The number of hydrogen-bond acceptors (Lipinski definition) is 3. The molecule has 2 aromatic rings. The van der Waals surface area contributed by atoms with Crippen molar-refractivity contribution < 1.29 is 0 Å². The second-order valence-electron chi connectivity index (χ2n) is 4.96. The van der Waals surface area contributed by atoms with Crippen LogP contribution in [0.3, 0.4) is 0 Å². The summed E-state index contributed by atoms with van der Waals surface area (Å²) in [5.74, 6) is 0. The SMILES string of the molecule is CCN1CCCC1c1cn2cc(CN)ccc2n1. The first-order chi connectivity index (χ1) is 8.81. The van der Waals surface area contributed by atoms with Gasteiger partial charge in [0.05, 0.1) is 11.7 Å². The van der Waals surface area contributed by atoms with Crippen LogP contribution in [0.4, 0.5) is 0 Å². The molecule has 0 bridgehead atoms. The van der Waals surface area contributed by atoms with Gasteiger partial charge in [-0.25, -0.2) is 4.98 Å². The molecular formula is C14H20N4. The highest BCUT2D eigenvalue weighted by atomic mass is 15.2. The first kappa shape index (κ1) is 11.7. The Bertz CT molecular complexity index is 546. The van der Waals surface area contributed by atoms with E-state index in [2.05, 4.69) is 40.8 Å².